The van der Waals surface area contributed by atoms with Crippen molar-refractivity contribution in [3.63, 3.8) is 0 Å². The summed E-state index contributed by atoms with van der Waals surface area (Å²) in [5.41, 5.74) is 12.0. The summed E-state index contributed by atoms with van der Waals surface area (Å²) in [4.78, 5) is 29.1. The summed E-state index contributed by atoms with van der Waals surface area (Å²) in [5, 5.41) is 13.6. The first kappa shape index (κ1) is 53.7. The lowest BCUT2D eigenvalue weighted by molar-refractivity contribution is 1.26. The molecule has 0 atom stereocenters. The largest absolute Gasteiger partial charge is 0.264 e. The van der Waals surface area contributed by atoms with Crippen LogP contribution in [0.2, 0.25) is 0 Å². The van der Waals surface area contributed by atoms with E-state index in [9.17, 15) is 0 Å². The highest BCUT2D eigenvalue weighted by molar-refractivity contribution is 5.86. The van der Waals surface area contributed by atoms with Crippen molar-refractivity contribution >= 4 is 75.8 Å². The number of rotatable bonds is 0. The van der Waals surface area contributed by atoms with Gasteiger partial charge in [0, 0.05) is 105 Å². The zero-order valence-corrected chi connectivity index (χ0v) is 44.9. The molecule has 0 amide bonds. The molecule has 77 heavy (non-hydrogen) atoms. The maximum absolute atomic E-state index is 4.38. The Morgan fingerprint density at radius 1 is 0.260 bits per heavy atom. The molecule has 0 saturated heterocycles. The van der Waals surface area contributed by atoms with Crippen LogP contribution in [0, 0.1) is 48.5 Å². The van der Waals surface area contributed by atoms with E-state index < -0.39 is 0 Å². The molecule has 0 radical (unpaired) electrons. The predicted molar refractivity (Wildman–Crippen MR) is 325 cm³/mol. The third-order valence-corrected chi connectivity index (χ3v) is 12.7. The second-order valence-corrected chi connectivity index (χ2v) is 18.8. The van der Waals surface area contributed by atoms with Gasteiger partial charge in [-0.25, -0.2) is 0 Å². The summed E-state index contributed by atoms with van der Waals surface area (Å²) >= 11 is 0. The summed E-state index contributed by atoms with van der Waals surface area (Å²) in [6.07, 6.45) is 18.5. The molecular formula is C70H63N7. The van der Waals surface area contributed by atoms with Gasteiger partial charge in [-0.1, -0.05) is 145 Å². The number of aromatic nitrogens is 7. The van der Waals surface area contributed by atoms with Gasteiger partial charge in [-0.15, -0.1) is 0 Å². The molecule has 7 aromatic carbocycles. The first-order valence-electron chi connectivity index (χ1n) is 25.7. The topological polar surface area (TPSA) is 90.2 Å². The van der Waals surface area contributed by atoms with Gasteiger partial charge in [0.2, 0.25) is 0 Å². The highest BCUT2D eigenvalue weighted by Crippen LogP contribution is 2.19. The van der Waals surface area contributed by atoms with Crippen LogP contribution in [0.4, 0.5) is 0 Å². The maximum atomic E-state index is 4.38. The van der Waals surface area contributed by atoms with E-state index in [4.69, 9.17) is 0 Å². The van der Waals surface area contributed by atoms with E-state index in [1.807, 2.05) is 130 Å². The van der Waals surface area contributed by atoms with Gasteiger partial charge >= 0.3 is 0 Å². The van der Waals surface area contributed by atoms with Crippen LogP contribution in [0.1, 0.15) is 39.1 Å². The average Bonchev–Trinajstić information content (AvgIpc) is 3.46. The van der Waals surface area contributed by atoms with Crippen LogP contribution < -0.4 is 0 Å². The molecule has 0 N–H and O–H groups in total. The van der Waals surface area contributed by atoms with Crippen LogP contribution in [-0.4, -0.2) is 34.9 Å². The summed E-state index contributed by atoms with van der Waals surface area (Å²) in [7, 11) is 0. The number of hydrogen-bond acceptors (Lipinski definition) is 7. The van der Waals surface area contributed by atoms with Gasteiger partial charge in [0.05, 0.1) is 16.6 Å². The van der Waals surface area contributed by atoms with Gasteiger partial charge in [0.25, 0.3) is 0 Å². The van der Waals surface area contributed by atoms with E-state index in [0.717, 1.165) is 22.2 Å². The zero-order chi connectivity index (χ0) is 53.8. The van der Waals surface area contributed by atoms with Gasteiger partial charge < -0.3 is 0 Å². The van der Waals surface area contributed by atoms with E-state index in [1.165, 1.54) is 92.6 Å². The minimum absolute atomic E-state index is 1.07. The standard InChI is InChI=1S/7C10H9N/c1-8-4-2-5-9-6-3-7-11-10(8)9;1-8-2-3-10-7-11-5-4-9(10)6-8;1-8-2-3-9-4-5-11-7-10(9)6-8;1-8-4-5-9-3-2-6-11-10(9)7-8;1-8-3-2-4-9-7-11-6-5-10(8)9;1-8-3-2-4-9-5-6-11-7-10(8)9;1-8-6-7-9-4-2-3-5-10(9)11-8/h7*2-7H,1H3. The van der Waals surface area contributed by atoms with Gasteiger partial charge in [-0.3, -0.25) is 34.9 Å². The molecule has 7 heterocycles. The Hall–Kier alpha value is -9.59. The molecule has 7 heteroatoms. The second-order valence-electron chi connectivity index (χ2n) is 18.8. The zero-order valence-electron chi connectivity index (χ0n) is 44.9. The fourth-order valence-corrected chi connectivity index (χ4v) is 8.56. The minimum atomic E-state index is 1.07. The number of fused-ring (bicyclic) bond motifs is 7. The number of para-hydroxylation sites is 2. The van der Waals surface area contributed by atoms with Crippen LogP contribution in [0.25, 0.3) is 75.8 Å². The quantitative estimate of drug-likeness (QED) is 0.149. The van der Waals surface area contributed by atoms with Crippen molar-refractivity contribution in [2.75, 3.05) is 0 Å². The van der Waals surface area contributed by atoms with E-state index >= 15 is 0 Å². The van der Waals surface area contributed by atoms with Crippen molar-refractivity contribution in [2.24, 2.45) is 0 Å². The number of nitrogens with zero attached hydrogens (tertiary/aromatic N) is 7. The molecule has 7 nitrogen and oxygen atoms in total. The number of aryl methyl sites for hydroxylation is 7. The molecule has 0 unspecified atom stereocenters. The molecule has 0 fully saturated rings. The Kier molecular flexibility index (Phi) is 18.9. The molecule has 14 aromatic rings. The lowest BCUT2D eigenvalue weighted by Crippen LogP contribution is -1.80. The van der Waals surface area contributed by atoms with Crippen molar-refractivity contribution < 1.29 is 0 Å². The SMILES string of the molecule is Cc1ccc2ccccc2n1.Cc1ccc2cccnc2c1.Cc1ccc2ccncc2c1.Cc1ccc2cnccc2c1.Cc1cccc2cccnc12.Cc1cccc2ccncc12.Cc1cccc2cnccc12. The van der Waals surface area contributed by atoms with Crippen molar-refractivity contribution in [1.82, 2.24) is 34.9 Å². The van der Waals surface area contributed by atoms with E-state index in [2.05, 4.69) is 210 Å². The first-order valence-corrected chi connectivity index (χ1v) is 25.7. The van der Waals surface area contributed by atoms with Crippen molar-refractivity contribution in [3.8, 4) is 0 Å². The molecule has 0 aliphatic heterocycles. The number of benzene rings is 7. The van der Waals surface area contributed by atoms with Crippen molar-refractivity contribution in [3.05, 3.63) is 295 Å². The van der Waals surface area contributed by atoms with E-state index in [0.29, 0.717) is 0 Å². The van der Waals surface area contributed by atoms with Crippen molar-refractivity contribution in [1.29, 1.82) is 0 Å². The van der Waals surface area contributed by atoms with Crippen molar-refractivity contribution in [2.45, 2.75) is 48.5 Å². The van der Waals surface area contributed by atoms with Crippen LogP contribution in [0.5, 0.6) is 0 Å². The van der Waals surface area contributed by atoms with Crippen LogP contribution in [0.15, 0.2) is 256 Å². The lowest BCUT2D eigenvalue weighted by atomic mass is 10.1. The smallest absolute Gasteiger partial charge is 0.0731 e. The summed E-state index contributed by atoms with van der Waals surface area (Å²) in [6, 6.07) is 66.2. The van der Waals surface area contributed by atoms with Gasteiger partial charge in [0.1, 0.15) is 0 Å². The third-order valence-electron chi connectivity index (χ3n) is 12.7. The molecule has 378 valence electrons. The normalized spacial score (nSPS) is 10.3. The van der Waals surface area contributed by atoms with Crippen LogP contribution >= 0.6 is 0 Å². The molecular weight excluding hydrogens is 939 g/mol. The maximum Gasteiger partial charge on any atom is 0.0731 e. The minimum Gasteiger partial charge on any atom is -0.264 e. The van der Waals surface area contributed by atoms with Crippen LogP contribution in [-0.2, 0) is 0 Å². The Labute approximate surface area is 452 Å². The van der Waals surface area contributed by atoms with E-state index in [1.54, 1.807) is 0 Å². The second kappa shape index (κ2) is 27.1. The molecule has 0 spiro atoms. The molecule has 14 rings (SSSR count). The average molecular weight is 1000 g/mol. The fourth-order valence-electron chi connectivity index (χ4n) is 8.56. The Morgan fingerprint density at radius 2 is 0.753 bits per heavy atom. The van der Waals surface area contributed by atoms with Gasteiger partial charge in [0.15, 0.2) is 0 Å². The van der Waals surface area contributed by atoms with Gasteiger partial charge in [-0.05, 0) is 153 Å². The van der Waals surface area contributed by atoms with Gasteiger partial charge in [-0.2, -0.15) is 0 Å². The molecule has 0 saturated carbocycles. The number of pyridine rings is 7. The molecule has 0 bridgehead atoms. The molecule has 0 aliphatic carbocycles. The molecule has 0 aliphatic rings. The first-order chi connectivity index (χ1) is 37.6. The Morgan fingerprint density at radius 3 is 1.48 bits per heavy atom. The third kappa shape index (κ3) is 15.5. The number of hydrogen-bond donors (Lipinski definition) is 0. The predicted octanol–water partition coefficient (Wildman–Crippen LogP) is 17.8. The molecule has 7 aromatic heterocycles. The highest BCUT2D eigenvalue weighted by atomic mass is 14.7. The fraction of sp³-hybridized carbons (Fsp3) is 0.100. The Balaban J connectivity index is 0.000000119. The summed E-state index contributed by atoms with van der Waals surface area (Å²) < 4.78 is 0. The highest BCUT2D eigenvalue weighted by Gasteiger charge is 1.97. The Bertz CT molecular complexity index is 3640. The van der Waals surface area contributed by atoms with E-state index in [-0.39, 0.29) is 0 Å². The summed E-state index contributed by atoms with van der Waals surface area (Å²) in [5.74, 6) is 0. The lowest BCUT2D eigenvalue weighted by Gasteiger charge is -1.98. The monoisotopic (exact) mass is 1000 g/mol. The summed E-state index contributed by atoms with van der Waals surface area (Å²) in [6.45, 7) is 14.6. The van der Waals surface area contributed by atoms with Crippen LogP contribution in [0.3, 0.4) is 0 Å².